The van der Waals surface area contributed by atoms with Crippen LogP contribution in [0.3, 0.4) is 0 Å². The van der Waals surface area contributed by atoms with Gasteiger partial charge in [0.1, 0.15) is 5.60 Å². The van der Waals surface area contributed by atoms with E-state index in [1.54, 1.807) is 20.8 Å². The van der Waals surface area contributed by atoms with E-state index in [0.717, 1.165) is 12.2 Å². The van der Waals surface area contributed by atoms with Crippen LogP contribution in [0.2, 0.25) is 0 Å². The van der Waals surface area contributed by atoms with Crippen molar-refractivity contribution in [1.82, 2.24) is 0 Å². The van der Waals surface area contributed by atoms with E-state index in [1.165, 1.54) is 0 Å². The van der Waals surface area contributed by atoms with Gasteiger partial charge >= 0.3 is 11.9 Å². The molecule has 0 saturated carbocycles. The number of hydrogen-bond donors (Lipinski definition) is 0. The maximum Gasteiger partial charge on any atom is 0.331 e. The number of ketones is 1. The topological polar surface area (TPSA) is 69.7 Å². The van der Waals surface area contributed by atoms with E-state index in [2.05, 4.69) is 0 Å². The van der Waals surface area contributed by atoms with Crippen LogP contribution in [0, 0.1) is 0 Å². The summed E-state index contributed by atoms with van der Waals surface area (Å²) in [4.78, 5) is 33.5. The van der Waals surface area contributed by atoms with E-state index < -0.39 is 29.4 Å². The van der Waals surface area contributed by atoms with Crippen LogP contribution in [0.25, 0.3) is 0 Å². The molecule has 1 aliphatic rings. The Labute approximate surface area is 93.4 Å². The fourth-order valence-electron chi connectivity index (χ4n) is 1.17. The van der Waals surface area contributed by atoms with Crippen LogP contribution in [0.1, 0.15) is 27.2 Å². The fraction of sp³-hybridized carbons (Fsp3) is 0.545. The van der Waals surface area contributed by atoms with E-state index >= 15 is 0 Å². The molecule has 1 heterocycles. The van der Waals surface area contributed by atoms with Crippen molar-refractivity contribution in [3.05, 3.63) is 12.2 Å². The van der Waals surface area contributed by atoms with Crippen molar-refractivity contribution in [2.24, 2.45) is 0 Å². The molecule has 0 radical (unpaired) electrons. The van der Waals surface area contributed by atoms with Crippen molar-refractivity contribution in [3.63, 3.8) is 0 Å². The zero-order chi connectivity index (χ0) is 12.3. The molecule has 0 bridgehead atoms. The summed E-state index contributed by atoms with van der Waals surface area (Å²) >= 11 is 0. The number of carbonyl (C=O) groups is 3. The number of cyclic esters (lactones) is 1. The summed E-state index contributed by atoms with van der Waals surface area (Å²) < 4.78 is 9.73. The zero-order valence-corrected chi connectivity index (χ0v) is 9.48. The Morgan fingerprint density at radius 2 is 2.00 bits per heavy atom. The van der Waals surface area contributed by atoms with E-state index in [0.29, 0.717) is 0 Å². The molecule has 0 saturated heterocycles. The van der Waals surface area contributed by atoms with Gasteiger partial charge in [0.2, 0.25) is 0 Å². The number of ether oxygens (including phenoxy) is 2. The van der Waals surface area contributed by atoms with Gasteiger partial charge in [0.05, 0.1) is 6.42 Å². The Morgan fingerprint density at radius 3 is 2.56 bits per heavy atom. The summed E-state index contributed by atoms with van der Waals surface area (Å²) in [6.45, 7) is 5.17. The smallest absolute Gasteiger partial charge is 0.331 e. The van der Waals surface area contributed by atoms with Gasteiger partial charge < -0.3 is 9.47 Å². The SMILES string of the molecule is CC(C)(C)OC(=O)CC1OC(=O)C=CC1=O. The molecule has 0 aliphatic carbocycles. The molecule has 0 aromatic heterocycles. The van der Waals surface area contributed by atoms with Crippen molar-refractivity contribution in [2.75, 3.05) is 0 Å². The first-order chi connectivity index (χ1) is 7.28. The molecule has 0 aromatic rings. The second-order valence-electron chi connectivity index (χ2n) is 4.45. The highest BCUT2D eigenvalue weighted by atomic mass is 16.6. The molecule has 0 amide bonds. The summed E-state index contributed by atoms with van der Waals surface area (Å²) in [5.41, 5.74) is -0.616. The van der Waals surface area contributed by atoms with Crippen molar-refractivity contribution < 1.29 is 23.9 Å². The van der Waals surface area contributed by atoms with Gasteiger partial charge in [-0.2, -0.15) is 0 Å². The number of esters is 2. The first-order valence-electron chi connectivity index (χ1n) is 4.92. The summed E-state index contributed by atoms with van der Waals surface area (Å²) in [5.74, 6) is -1.58. The van der Waals surface area contributed by atoms with Crippen molar-refractivity contribution in [3.8, 4) is 0 Å². The summed E-state index contributed by atoms with van der Waals surface area (Å²) in [6.07, 6.45) is 0.855. The first-order valence-corrected chi connectivity index (χ1v) is 4.92. The van der Waals surface area contributed by atoms with Gasteiger partial charge in [-0.05, 0) is 26.8 Å². The largest absolute Gasteiger partial charge is 0.460 e. The zero-order valence-electron chi connectivity index (χ0n) is 9.48. The molecule has 0 N–H and O–H groups in total. The van der Waals surface area contributed by atoms with Crippen LogP contribution in [-0.4, -0.2) is 29.4 Å². The second-order valence-corrected chi connectivity index (χ2v) is 4.45. The molecule has 1 aliphatic heterocycles. The Kier molecular flexibility index (Phi) is 3.47. The van der Waals surface area contributed by atoms with Crippen LogP contribution >= 0.6 is 0 Å². The van der Waals surface area contributed by atoms with Crippen LogP contribution in [-0.2, 0) is 23.9 Å². The number of rotatable bonds is 2. The number of hydrogen-bond acceptors (Lipinski definition) is 5. The minimum atomic E-state index is -1.05. The van der Waals surface area contributed by atoms with Crippen LogP contribution < -0.4 is 0 Å². The fourth-order valence-corrected chi connectivity index (χ4v) is 1.17. The van der Waals surface area contributed by atoms with Crippen molar-refractivity contribution in [2.45, 2.75) is 38.9 Å². The van der Waals surface area contributed by atoms with Gasteiger partial charge in [-0.25, -0.2) is 4.79 Å². The summed E-state index contributed by atoms with van der Waals surface area (Å²) in [7, 11) is 0. The predicted molar refractivity (Wildman–Crippen MR) is 54.5 cm³/mol. The standard InChI is InChI=1S/C11H14O5/c1-11(2,3)16-10(14)6-8-7(12)4-5-9(13)15-8/h4-5,8H,6H2,1-3H3. The minimum Gasteiger partial charge on any atom is -0.460 e. The lowest BCUT2D eigenvalue weighted by atomic mass is 10.1. The third-order valence-electron chi connectivity index (χ3n) is 1.73. The molecule has 0 fully saturated rings. The molecule has 1 atom stereocenters. The molecule has 5 heteroatoms. The molecule has 0 aromatic carbocycles. The van der Waals surface area contributed by atoms with Gasteiger partial charge in [0.15, 0.2) is 11.9 Å². The maximum absolute atomic E-state index is 11.4. The molecule has 16 heavy (non-hydrogen) atoms. The van der Waals surface area contributed by atoms with Crippen molar-refractivity contribution >= 4 is 17.7 Å². The van der Waals surface area contributed by atoms with Gasteiger partial charge in [0.25, 0.3) is 0 Å². The molecular weight excluding hydrogens is 212 g/mol. The van der Waals surface area contributed by atoms with Gasteiger partial charge in [-0.15, -0.1) is 0 Å². The van der Waals surface area contributed by atoms with E-state index in [1.807, 2.05) is 0 Å². The molecule has 0 spiro atoms. The van der Waals surface area contributed by atoms with E-state index in [4.69, 9.17) is 9.47 Å². The van der Waals surface area contributed by atoms with E-state index in [-0.39, 0.29) is 6.42 Å². The maximum atomic E-state index is 11.4. The summed E-state index contributed by atoms with van der Waals surface area (Å²) in [6, 6.07) is 0. The third kappa shape index (κ3) is 3.84. The highest BCUT2D eigenvalue weighted by Gasteiger charge is 2.29. The second kappa shape index (κ2) is 4.47. The summed E-state index contributed by atoms with van der Waals surface area (Å²) in [5, 5.41) is 0. The Morgan fingerprint density at radius 1 is 1.38 bits per heavy atom. The van der Waals surface area contributed by atoms with Crippen molar-refractivity contribution in [1.29, 1.82) is 0 Å². The Hall–Kier alpha value is -1.65. The molecular formula is C11H14O5. The highest BCUT2D eigenvalue weighted by molar-refractivity contribution is 6.04. The third-order valence-corrected chi connectivity index (χ3v) is 1.73. The highest BCUT2D eigenvalue weighted by Crippen LogP contribution is 2.13. The normalized spacial score (nSPS) is 20.6. The van der Waals surface area contributed by atoms with Crippen LogP contribution in [0.15, 0.2) is 12.2 Å². The lowest BCUT2D eigenvalue weighted by Crippen LogP contribution is -2.34. The van der Waals surface area contributed by atoms with Crippen LogP contribution in [0.5, 0.6) is 0 Å². The van der Waals surface area contributed by atoms with Gasteiger partial charge in [-0.3, -0.25) is 9.59 Å². The monoisotopic (exact) mass is 226 g/mol. The quantitative estimate of drug-likeness (QED) is 0.650. The minimum absolute atomic E-state index is 0.244. The lowest BCUT2D eigenvalue weighted by Gasteiger charge is -2.22. The molecule has 1 unspecified atom stereocenters. The predicted octanol–water partition coefficient (Wildman–Crippen LogP) is 0.769. The number of carbonyl (C=O) groups excluding carboxylic acids is 3. The molecule has 5 nitrogen and oxygen atoms in total. The lowest BCUT2D eigenvalue weighted by molar-refractivity contribution is -0.163. The van der Waals surface area contributed by atoms with Gasteiger partial charge in [-0.1, -0.05) is 0 Å². The van der Waals surface area contributed by atoms with Gasteiger partial charge in [0, 0.05) is 6.08 Å². The molecule has 1 rings (SSSR count). The average molecular weight is 226 g/mol. The van der Waals surface area contributed by atoms with E-state index in [9.17, 15) is 14.4 Å². The Bertz CT molecular complexity index is 348. The first kappa shape index (κ1) is 12.4. The Balaban J connectivity index is 2.55. The van der Waals surface area contributed by atoms with Crippen LogP contribution in [0.4, 0.5) is 0 Å². The average Bonchev–Trinajstić information content (AvgIpc) is 2.08. The molecule has 88 valence electrons.